The zero-order chi connectivity index (χ0) is 22.1. The molecule has 0 bridgehead atoms. The van der Waals surface area contributed by atoms with Gasteiger partial charge in [-0.25, -0.2) is 4.98 Å². The summed E-state index contributed by atoms with van der Waals surface area (Å²) in [5.41, 5.74) is 1.13. The predicted molar refractivity (Wildman–Crippen MR) is 126 cm³/mol. The largest absolute Gasteiger partial charge is 0.467 e. The van der Waals surface area contributed by atoms with Crippen LogP contribution in [0, 0.1) is 11.8 Å². The molecule has 3 heterocycles. The lowest BCUT2D eigenvalue weighted by Crippen LogP contribution is -2.37. The van der Waals surface area contributed by atoms with Gasteiger partial charge in [-0.1, -0.05) is 32.5 Å². The molecule has 0 radical (unpaired) electrons. The maximum absolute atomic E-state index is 13.6. The Balaban J connectivity index is 1.69. The third-order valence-corrected chi connectivity index (χ3v) is 8.12. The van der Waals surface area contributed by atoms with E-state index in [1.807, 2.05) is 19.1 Å². The number of aryl methyl sites for hydroxylation is 1. The van der Waals surface area contributed by atoms with Gasteiger partial charge in [-0.05, 0) is 55.7 Å². The fraction of sp³-hybridized carbons (Fsp3) is 0.522. The summed E-state index contributed by atoms with van der Waals surface area (Å²) in [5, 5.41) is 4.33. The van der Waals surface area contributed by atoms with E-state index in [-0.39, 0.29) is 23.3 Å². The van der Waals surface area contributed by atoms with Crippen molar-refractivity contribution in [2.45, 2.75) is 64.7 Å². The number of hydrogen-bond acceptors (Lipinski definition) is 6. The molecule has 0 saturated heterocycles. The minimum absolute atomic E-state index is 0.0353. The number of thiophene rings is 1. The second kappa shape index (κ2) is 9.20. The third kappa shape index (κ3) is 4.75. The maximum atomic E-state index is 13.6. The Morgan fingerprint density at radius 2 is 2.23 bits per heavy atom. The maximum Gasteiger partial charge on any atom is 0.263 e. The molecule has 1 aliphatic carbocycles. The highest BCUT2D eigenvalue weighted by molar-refractivity contribution is 7.99. The van der Waals surface area contributed by atoms with Crippen molar-refractivity contribution in [2.75, 3.05) is 5.75 Å². The van der Waals surface area contributed by atoms with Gasteiger partial charge in [-0.15, -0.1) is 11.3 Å². The second-order valence-corrected chi connectivity index (χ2v) is 10.8. The highest BCUT2D eigenvalue weighted by atomic mass is 32.2. The number of carbonyl (C=O) groups excluding carboxylic acids is 1. The van der Waals surface area contributed by atoms with E-state index in [1.54, 1.807) is 22.2 Å². The van der Waals surface area contributed by atoms with Crippen LogP contribution in [0.25, 0.3) is 10.2 Å². The average Bonchev–Trinajstić information content (AvgIpc) is 3.35. The van der Waals surface area contributed by atoms with Crippen LogP contribution < -0.4 is 10.9 Å². The van der Waals surface area contributed by atoms with Crippen molar-refractivity contribution in [3.8, 4) is 0 Å². The number of fused-ring (bicyclic) bond motifs is 3. The quantitative estimate of drug-likeness (QED) is 0.416. The van der Waals surface area contributed by atoms with Crippen molar-refractivity contribution in [1.29, 1.82) is 0 Å². The Hall–Kier alpha value is -2.06. The summed E-state index contributed by atoms with van der Waals surface area (Å²) in [4.78, 5) is 32.9. The predicted octanol–water partition coefficient (Wildman–Crippen LogP) is 4.48. The van der Waals surface area contributed by atoms with Crippen molar-refractivity contribution >= 4 is 39.2 Å². The van der Waals surface area contributed by atoms with E-state index in [2.05, 4.69) is 26.1 Å². The molecular formula is C23H29N3O3S2. The van der Waals surface area contributed by atoms with Gasteiger partial charge in [0.2, 0.25) is 5.91 Å². The molecule has 2 atom stereocenters. The van der Waals surface area contributed by atoms with Crippen LogP contribution in [0.5, 0.6) is 0 Å². The van der Waals surface area contributed by atoms with Gasteiger partial charge in [-0.3, -0.25) is 14.2 Å². The molecule has 0 aromatic carbocycles. The number of furan rings is 1. The molecule has 3 aromatic rings. The minimum atomic E-state index is -0.0515. The lowest BCUT2D eigenvalue weighted by atomic mass is 9.89. The van der Waals surface area contributed by atoms with Crippen molar-refractivity contribution in [2.24, 2.45) is 11.8 Å². The summed E-state index contributed by atoms with van der Waals surface area (Å²) in [6, 6.07) is 3.76. The van der Waals surface area contributed by atoms with Crippen LogP contribution in [-0.2, 0) is 24.2 Å². The number of hydrogen-bond donors (Lipinski definition) is 1. The van der Waals surface area contributed by atoms with E-state index < -0.39 is 0 Å². The molecule has 3 aromatic heterocycles. The first-order valence-corrected chi connectivity index (χ1v) is 12.6. The van der Waals surface area contributed by atoms with E-state index in [1.165, 1.54) is 22.2 Å². The van der Waals surface area contributed by atoms with Gasteiger partial charge < -0.3 is 9.73 Å². The van der Waals surface area contributed by atoms with Crippen molar-refractivity contribution in [3.63, 3.8) is 0 Å². The Bertz CT molecular complexity index is 1130. The van der Waals surface area contributed by atoms with Gasteiger partial charge in [0.15, 0.2) is 5.16 Å². The molecule has 1 aliphatic rings. The van der Waals surface area contributed by atoms with Gasteiger partial charge in [0.1, 0.15) is 10.6 Å². The lowest BCUT2D eigenvalue weighted by Gasteiger charge is -2.18. The third-order valence-electron chi connectivity index (χ3n) is 6.00. The molecule has 0 fully saturated rings. The second-order valence-electron chi connectivity index (χ2n) is 8.79. The highest BCUT2D eigenvalue weighted by Crippen LogP contribution is 2.36. The standard InChI is InChI=1S/C23H29N3O3S2/c1-13(2)15(4)24-19(27)12-30-23-25-21-20(17-8-7-14(3)10-18(17)31-21)22(28)26(23)11-16-6-5-9-29-16/h5-6,9,13-15H,7-8,10-12H2,1-4H3,(H,24,27). The van der Waals surface area contributed by atoms with Crippen molar-refractivity contribution in [3.05, 3.63) is 45.0 Å². The fourth-order valence-electron chi connectivity index (χ4n) is 3.81. The molecule has 1 amide bonds. The normalized spacial score (nSPS) is 17.1. The van der Waals surface area contributed by atoms with Crippen LogP contribution in [0.3, 0.4) is 0 Å². The zero-order valence-electron chi connectivity index (χ0n) is 18.4. The first-order valence-electron chi connectivity index (χ1n) is 10.8. The molecular weight excluding hydrogens is 430 g/mol. The molecule has 0 saturated carbocycles. The van der Waals surface area contributed by atoms with Crippen LogP contribution in [0.1, 0.15) is 50.3 Å². The first kappa shape index (κ1) is 22.1. The molecule has 166 valence electrons. The topological polar surface area (TPSA) is 77.1 Å². The number of carbonyl (C=O) groups is 1. The summed E-state index contributed by atoms with van der Waals surface area (Å²) in [6.45, 7) is 8.72. The van der Waals surface area contributed by atoms with E-state index >= 15 is 0 Å². The highest BCUT2D eigenvalue weighted by Gasteiger charge is 2.25. The molecule has 6 nitrogen and oxygen atoms in total. The Morgan fingerprint density at radius 3 is 2.94 bits per heavy atom. The Morgan fingerprint density at radius 1 is 1.42 bits per heavy atom. The van der Waals surface area contributed by atoms with Crippen LogP contribution in [0.15, 0.2) is 32.8 Å². The smallest absolute Gasteiger partial charge is 0.263 e. The molecule has 0 aliphatic heterocycles. The van der Waals surface area contributed by atoms with Crippen LogP contribution in [0.2, 0.25) is 0 Å². The number of nitrogens with zero attached hydrogens (tertiary/aromatic N) is 2. The molecule has 8 heteroatoms. The lowest BCUT2D eigenvalue weighted by molar-refractivity contribution is -0.119. The summed E-state index contributed by atoms with van der Waals surface area (Å²) >= 11 is 2.95. The van der Waals surface area contributed by atoms with E-state index in [0.29, 0.717) is 29.3 Å². The monoisotopic (exact) mass is 459 g/mol. The number of rotatable bonds is 7. The van der Waals surface area contributed by atoms with Gasteiger partial charge >= 0.3 is 0 Å². The molecule has 0 spiro atoms. The van der Waals surface area contributed by atoms with Crippen molar-refractivity contribution < 1.29 is 9.21 Å². The Labute approximate surface area is 190 Å². The van der Waals surface area contributed by atoms with E-state index in [4.69, 9.17) is 9.40 Å². The SMILES string of the molecule is CC1CCc2c(sc3nc(SCC(=O)NC(C)C(C)C)n(Cc4ccco4)c(=O)c23)C1. The summed E-state index contributed by atoms with van der Waals surface area (Å²) in [5.74, 6) is 1.85. The fourth-order valence-corrected chi connectivity index (χ4v) is 6.04. The number of aromatic nitrogens is 2. The van der Waals surface area contributed by atoms with Crippen LogP contribution in [0.4, 0.5) is 0 Å². The summed E-state index contributed by atoms with van der Waals surface area (Å²) in [6.07, 6.45) is 4.64. The van der Waals surface area contributed by atoms with Gasteiger partial charge in [0.05, 0.1) is 23.9 Å². The minimum Gasteiger partial charge on any atom is -0.467 e. The molecule has 1 N–H and O–H groups in total. The van der Waals surface area contributed by atoms with E-state index in [0.717, 1.165) is 29.5 Å². The first-order chi connectivity index (χ1) is 14.8. The average molecular weight is 460 g/mol. The summed E-state index contributed by atoms with van der Waals surface area (Å²) < 4.78 is 7.16. The summed E-state index contributed by atoms with van der Waals surface area (Å²) in [7, 11) is 0. The molecule has 31 heavy (non-hydrogen) atoms. The Kier molecular flexibility index (Phi) is 6.57. The van der Waals surface area contributed by atoms with Crippen LogP contribution in [-0.4, -0.2) is 27.3 Å². The molecule has 4 rings (SSSR count). The van der Waals surface area contributed by atoms with E-state index in [9.17, 15) is 9.59 Å². The number of amides is 1. The van der Waals surface area contributed by atoms with Crippen molar-refractivity contribution in [1.82, 2.24) is 14.9 Å². The van der Waals surface area contributed by atoms with Gasteiger partial charge in [0, 0.05) is 10.9 Å². The number of thioether (sulfide) groups is 1. The molecule has 2 unspecified atom stereocenters. The van der Waals surface area contributed by atoms with Crippen LogP contribution >= 0.6 is 23.1 Å². The number of nitrogens with one attached hydrogen (secondary N) is 1. The van der Waals surface area contributed by atoms with Gasteiger partial charge in [0.25, 0.3) is 5.56 Å². The zero-order valence-corrected chi connectivity index (χ0v) is 20.1. The van der Waals surface area contributed by atoms with Gasteiger partial charge in [-0.2, -0.15) is 0 Å².